The molecule has 3 rings (SSSR count). The van der Waals surface area contributed by atoms with E-state index in [0.29, 0.717) is 18.1 Å². The molecule has 13 heteroatoms. The fraction of sp³-hybridized carbons (Fsp3) is 0.261. The Morgan fingerprint density at radius 1 is 1.06 bits per heavy atom. The molecule has 0 aliphatic carbocycles. The molecule has 0 fully saturated rings. The van der Waals surface area contributed by atoms with Crippen molar-refractivity contribution in [2.75, 3.05) is 5.73 Å². The molecule has 36 heavy (non-hydrogen) atoms. The fourth-order valence-electron chi connectivity index (χ4n) is 3.36. The summed E-state index contributed by atoms with van der Waals surface area (Å²) >= 11 is 0. The molecule has 0 saturated heterocycles. The summed E-state index contributed by atoms with van der Waals surface area (Å²) in [6.45, 7) is 0.493. The van der Waals surface area contributed by atoms with Crippen molar-refractivity contribution in [3.05, 3.63) is 71.3 Å². The van der Waals surface area contributed by atoms with Gasteiger partial charge in [0.25, 0.3) is 5.92 Å². The Morgan fingerprint density at radius 3 is 2.22 bits per heavy atom. The SMILES string of the molecule is CC(F)(F)c1ccccc1C(Oc1cc(-c2ccc(C[C@H](N)C(=O)O)cc2)nc(N)n1)C(F)(F)F.F. The molecule has 1 aromatic heterocycles. The van der Waals surface area contributed by atoms with Crippen LogP contribution in [0.15, 0.2) is 54.6 Å². The number of ether oxygens (including phenoxy) is 1. The van der Waals surface area contributed by atoms with E-state index in [1.54, 1.807) is 24.3 Å². The molecule has 2 aromatic carbocycles. The number of carboxylic acid groups (broad SMARTS) is 1. The number of nitrogens with zero attached hydrogens (tertiary/aromatic N) is 2. The van der Waals surface area contributed by atoms with Crippen LogP contribution in [0.5, 0.6) is 5.88 Å². The van der Waals surface area contributed by atoms with Gasteiger partial charge in [-0.05, 0) is 12.0 Å². The first-order valence-corrected chi connectivity index (χ1v) is 10.2. The lowest BCUT2D eigenvalue weighted by Gasteiger charge is -2.25. The summed E-state index contributed by atoms with van der Waals surface area (Å²) < 4.78 is 74.8. The zero-order valence-corrected chi connectivity index (χ0v) is 18.7. The van der Waals surface area contributed by atoms with Crippen LogP contribution < -0.4 is 16.2 Å². The first-order valence-electron chi connectivity index (χ1n) is 10.2. The third-order valence-electron chi connectivity index (χ3n) is 4.99. The summed E-state index contributed by atoms with van der Waals surface area (Å²) in [6.07, 6.45) is -7.73. The minimum Gasteiger partial charge on any atom is -0.480 e. The molecular formula is C23H22F6N4O3. The van der Waals surface area contributed by atoms with Gasteiger partial charge in [-0.25, -0.2) is 13.8 Å². The van der Waals surface area contributed by atoms with Crippen molar-refractivity contribution < 1.29 is 41.3 Å². The van der Waals surface area contributed by atoms with Crippen LogP contribution in [0.1, 0.15) is 29.7 Å². The van der Waals surface area contributed by atoms with E-state index in [0.717, 1.165) is 18.2 Å². The van der Waals surface area contributed by atoms with Crippen LogP contribution in [-0.4, -0.2) is 33.3 Å². The number of aliphatic carboxylic acids is 1. The molecule has 3 aromatic rings. The molecule has 1 heterocycles. The van der Waals surface area contributed by atoms with Gasteiger partial charge >= 0.3 is 12.1 Å². The molecule has 0 spiro atoms. The second-order valence-electron chi connectivity index (χ2n) is 7.81. The lowest BCUT2D eigenvalue weighted by Crippen LogP contribution is -2.32. The summed E-state index contributed by atoms with van der Waals surface area (Å²) in [6, 6.07) is 10.5. The van der Waals surface area contributed by atoms with Gasteiger partial charge in [0.2, 0.25) is 17.9 Å². The molecule has 2 atom stereocenters. The van der Waals surface area contributed by atoms with E-state index >= 15 is 0 Å². The minimum atomic E-state index is -5.05. The van der Waals surface area contributed by atoms with E-state index in [-0.39, 0.29) is 16.8 Å². The Labute approximate surface area is 201 Å². The third-order valence-corrected chi connectivity index (χ3v) is 4.99. The standard InChI is InChI=1S/C23H21F5N4O3.FH/c1-22(24,25)15-5-3-2-4-14(15)19(23(26,27)28)35-18-11-17(31-21(30)32-18)13-8-6-12(7-9-13)10-16(29)20(33)34;/h2-9,11,16,19H,10,29H2,1H3,(H,33,34)(H2,30,31,32);1H/t16-,19?;/m0./s1. The molecule has 1 unspecified atom stereocenters. The molecule has 0 bridgehead atoms. The molecular weight excluding hydrogens is 494 g/mol. The summed E-state index contributed by atoms with van der Waals surface area (Å²) in [7, 11) is 0. The summed E-state index contributed by atoms with van der Waals surface area (Å²) in [4.78, 5) is 18.6. The Hall–Kier alpha value is -3.87. The maximum absolute atomic E-state index is 14.0. The van der Waals surface area contributed by atoms with E-state index in [1.807, 2.05) is 0 Å². The van der Waals surface area contributed by atoms with Gasteiger partial charge in [-0.3, -0.25) is 9.50 Å². The summed E-state index contributed by atoms with van der Waals surface area (Å²) in [5.41, 5.74) is 10.7. The Morgan fingerprint density at radius 2 is 1.67 bits per heavy atom. The van der Waals surface area contributed by atoms with Crippen molar-refractivity contribution in [1.82, 2.24) is 9.97 Å². The largest absolute Gasteiger partial charge is 0.480 e. The van der Waals surface area contributed by atoms with Crippen molar-refractivity contribution in [2.45, 2.75) is 37.6 Å². The van der Waals surface area contributed by atoms with Crippen molar-refractivity contribution in [3.8, 4) is 17.1 Å². The van der Waals surface area contributed by atoms with E-state index in [9.17, 15) is 26.7 Å². The molecule has 0 radical (unpaired) electrons. The molecule has 0 aliphatic rings. The van der Waals surface area contributed by atoms with Crippen LogP contribution >= 0.6 is 0 Å². The van der Waals surface area contributed by atoms with Crippen LogP contribution in [0.25, 0.3) is 11.3 Å². The highest BCUT2D eigenvalue weighted by Gasteiger charge is 2.46. The van der Waals surface area contributed by atoms with Gasteiger partial charge in [0.05, 0.1) is 5.69 Å². The highest BCUT2D eigenvalue weighted by Crippen LogP contribution is 2.42. The van der Waals surface area contributed by atoms with E-state index < -0.39 is 53.2 Å². The number of carbonyl (C=O) groups is 1. The van der Waals surface area contributed by atoms with Gasteiger partial charge in [-0.15, -0.1) is 0 Å². The molecule has 7 nitrogen and oxygen atoms in total. The first-order chi connectivity index (χ1) is 16.3. The van der Waals surface area contributed by atoms with E-state index in [2.05, 4.69) is 9.97 Å². The van der Waals surface area contributed by atoms with Gasteiger partial charge in [-0.2, -0.15) is 18.2 Å². The van der Waals surface area contributed by atoms with Crippen LogP contribution in [-0.2, 0) is 17.1 Å². The number of rotatable bonds is 8. The topological polar surface area (TPSA) is 124 Å². The highest BCUT2D eigenvalue weighted by atomic mass is 19.4. The first kappa shape index (κ1) is 28.4. The lowest BCUT2D eigenvalue weighted by molar-refractivity contribution is -0.199. The number of carboxylic acids is 1. The number of alkyl halides is 5. The minimum absolute atomic E-state index is 0. The second kappa shape index (κ2) is 10.8. The quantitative estimate of drug-likeness (QED) is 0.373. The second-order valence-corrected chi connectivity index (χ2v) is 7.81. The molecule has 0 aliphatic heterocycles. The van der Waals surface area contributed by atoms with Gasteiger partial charge in [0.1, 0.15) is 6.04 Å². The predicted molar refractivity (Wildman–Crippen MR) is 119 cm³/mol. The third kappa shape index (κ3) is 6.84. The van der Waals surface area contributed by atoms with Crippen LogP contribution in [0, 0.1) is 0 Å². The number of hydrogen-bond acceptors (Lipinski definition) is 6. The van der Waals surface area contributed by atoms with Crippen LogP contribution in [0.4, 0.5) is 32.6 Å². The Kier molecular flexibility index (Phi) is 8.52. The van der Waals surface area contributed by atoms with Crippen molar-refractivity contribution >= 4 is 11.9 Å². The van der Waals surface area contributed by atoms with E-state index in [4.69, 9.17) is 21.3 Å². The van der Waals surface area contributed by atoms with Crippen molar-refractivity contribution in [3.63, 3.8) is 0 Å². The predicted octanol–water partition coefficient (Wildman–Crippen LogP) is 4.63. The van der Waals surface area contributed by atoms with Crippen molar-refractivity contribution in [2.24, 2.45) is 5.73 Å². The maximum atomic E-state index is 14.0. The van der Waals surface area contributed by atoms with Gasteiger partial charge in [-0.1, -0.05) is 48.5 Å². The zero-order valence-electron chi connectivity index (χ0n) is 18.7. The van der Waals surface area contributed by atoms with Crippen molar-refractivity contribution in [1.29, 1.82) is 0 Å². The van der Waals surface area contributed by atoms with Crippen LogP contribution in [0.3, 0.4) is 0 Å². The zero-order chi connectivity index (χ0) is 26.0. The highest BCUT2D eigenvalue weighted by molar-refractivity contribution is 5.73. The van der Waals surface area contributed by atoms with Crippen LogP contribution in [0.2, 0.25) is 0 Å². The summed E-state index contributed by atoms with van der Waals surface area (Å²) in [5.74, 6) is -5.68. The summed E-state index contributed by atoms with van der Waals surface area (Å²) in [5, 5.41) is 8.92. The number of nitrogen functional groups attached to an aromatic ring is 1. The van der Waals surface area contributed by atoms with Gasteiger partial charge in [0, 0.05) is 29.7 Å². The monoisotopic (exact) mass is 516 g/mol. The van der Waals surface area contributed by atoms with E-state index in [1.165, 1.54) is 12.1 Å². The fourth-order valence-corrected chi connectivity index (χ4v) is 3.36. The Bertz CT molecular complexity index is 1200. The molecule has 194 valence electrons. The average molecular weight is 516 g/mol. The average Bonchev–Trinajstić information content (AvgIpc) is 2.76. The Balaban J connectivity index is 0.00000456. The molecule has 0 amide bonds. The number of nitrogens with two attached hydrogens (primary N) is 2. The van der Waals surface area contributed by atoms with Gasteiger partial charge < -0.3 is 21.3 Å². The maximum Gasteiger partial charge on any atom is 0.429 e. The number of aromatic nitrogens is 2. The smallest absolute Gasteiger partial charge is 0.429 e. The number of benzene rings is 2. The molecule has 5 N–H and O–H groups in total. The number of halogens is 6. The lowest BCUT2D eigenvalue weighted by atomic mass is 9.97. The van der Waals surface area contributed by atoms with Gasteiger partial charge in [0.15, 0.2) is 0 Å². The number of anilines is 1. The molecule has 0 saturated carbocycles. The number of hydrogen-bond donors (Lipinski definition) is 3. The normalized spacial score (nSPS) is 13.4.